The molecule has 0 spiro atoms. The number of aromatic amines is 1. The van der Waals surface area contributed by atoms with E-state index in [0.29, 0.717) is 5.69 Å². The Labute approximate surface area is 92.6 Å². The minimum absolute atomic E-state index is 0.0325. The molecule has 0 amide bonds. The van der Waals surface area contributed by atoms with E-state index in [9.17, 15) is 8.42 Å². The van der Waals surface area contributed by atoms with Gasteiger partial charge in [-0.3, -0.25) is 5.10 Å². The van der Waals surface area contributed by atoms with Crippen LogP contribution >= 0.6 is 0 Å². The Bertz CT molecular complexity index is 492. The SMILES string of the molecule is Cc1[nH]ncc1S(=O)(=O)NC(C)/C(N)=N/O. The van der Waals surface area contributed by atoms with Gasteiger partial charge in [-0.15, -0.1) is 0 Å². The fraction of sp³-hybridized carbons (Fsp3) is 0.429. The van der Waals surface area contributed by atoms with Crippen LogP contribution in [0, 0.1) is 6.92 Å². The van der Waals surface area contributed by atoms with Gasteiger partial charge in [-0.2, -0.15) is 5.10 Å². The van der Waals surface area contributed by atoms with E-state index < -0.39 is 16.1 Å². The fourth-order valence-corrected chi connectivity index (χ4v) is 2.41. The predicted molar refractivity (Wildman–Crippen MR) is 56.5 cm³/mol. The quantitative estimate of drug-likeness (QED) is 0.237. The van der Waals surface area contributed by atoms with Gasteiger partial charge in [0.2, 0.25) is 10.0 Å². The van der Waals surface area contributed by atoms with Crippen molar-refractivity contribution in [1.29, 1.82) is 0 Å². The van der Waals surface area contributed by atoms with Gasteiger partial charge in [0.1, 0.15) is 4.90 Å². The van der Waals surface area contributed by atoms with Crippen molar-refractivity contribution in [2.75, 3.05) is 0 Å². The third kappa shape index (κ3) is 2.49. The Morgan fingerprint density at radius 3 is 2.81 bits per heavy atom. The average molecular weight is 247 g/mol. The molecule has 1 aromatic rings. The maximum absolute atomic E-state index is 11.8. The molecule has 0 saturated carbocycles. The molecule has 8 nitrogen and oxygen atoms in total. The van der Waals surface area contributed by atoms with Crippen molar-refractivity contribution >= 4 is 15.9 Å². The molecule has 16 heavy (non-hydrogen) atoms. The lowest BCUT2D eigenvalue weighted by Gasteiger charge is -2.11. The van der Waals surface area contributed by atoms with Gasteiger partial charge in [-0.25, -0.2) is 13.1 Å². The van der Waals surface area contributed by atoms with E-state index in [2.05, 4.69) is 20.1 Å². The molecule has 0 radical (unpaired) electrons. The number of nitrogens with zero attached hydrogens (tertiary/aromatic N) is 2. The van der Waals surface area contributed by atoms with Gasteiger partial charge in [0, 0.05) is 0 Å². The van der Waals surface area contributed by atoms with Crippen LogP contribution in [0.2, 0.25) is 0 Å². The highest BCUT2D eigenvalue weighted by molar-refractivity contribution is 7.89. The predicted octanol–water partition coefficient (Wildman–Crippen LogP) is -0.869. The summed E-state index contributed by atoms with van der Waals surface area (Å²) in [5.41, 5.74) is 5.68. The molecule has 1 aromatic heterocycles. The summed E-state index contributed by atoms with van der Waals surface area (Å²) in [6.07, 6.45) is 1.19. The van der Waals surface area contributed by atoms with Crippen molar-refractivity contribution in [1.82, 2.24) is 14.9 Å². The number of aromatic nitrogens is 2. The van der Waals surface area contributed by atoms with Crippen molar-refractivity contribution in [3.05, 3.63) is 11.9 Å². The zero-order valence-corrected chi connectivity index (χ0v) is 9.61. The van der Waals surface area contributed by atoms with Crippen molar-refractivity contribution in [2.45, 2.75) is 24.8 Å². The van der Waals surface area contributed by atoms with Crippen LogP contribution in [0.5, 0.6) is 0 Å². The lowest BCUT2D eigenvalue weighted by Crippen LogP contribution is -2.42. The van der Waals surface area contributed by atoms with Crippen LogP contribution in [0.4, 0.5) is 0 Å². The molecule has 1 rings (SSSR count). The molecule has 9 heteroatoms. The number of amidine groups is 1. The summed E-state index contributed by atoms with van der Waals surface area (Å²) in [7, 11) is -3.72. The lowest BCUT2D eigenvalue weighted by atomic mass is 10.3. The second kappa shape index (κ2) is 4.49. The van der Waals surface area contributed by atoms with E-state index in [1.165, 1.54) is 13.1 Å². The summed E-state index contributed by atoms with van der Waals surface area (Å²) in [5.74, 6) is -0.218. The van der Waals surface area contributed by atoms with Crippen molar-refractivity contribution in [2.24, 2.45) is 10.9 Å². The number of H-pyrrole nitrogens is 1. The highest BCUT2D eigenvalue weighted by Crippen LogP contribution is 2.11. The van der Waals surface area contributed by atoms with Gasteiger partial charge in [-0.1, -0.05) is 5.16 Å². The van der Waals surface area contributed by atoms with Gasteiger partial charge in [0.25, 0.3) is 0 Å². The summed E-state index contributed by atoms with van der Waals surface area (Å²) in [4.78, 5) is 0.0325. The van der Waals surface area contributed by atoms with Gasteiger partial charge in [0.15, 0.2) is 5.84 Å². The number of sulfonamides is 1. The summed E-state index contributed by atoms with van der Waals surface area (Å²) in [6, 6.07) is -0.802. The zero-order chi connectivity index (χ0) is 12.3. The number of hydrogen-bond donors (Lipinski definition) is 4. The standard InChI is InChI=1S/C7H13N5O3S/c1-4-6(3-9-10-4)16(14,15)12-5(2)7(8)11-13/h3,5,12-13H,1-2H3,(H2,8,11)(H,9,10). The molecule has 90 valence electrons. The molecule has 0 saturated heterocycles. The molecule has 1 heterocycles. The second-order valence-corrected chi connectivity index (χ2v) is 4.91. The van der Waals surface area contributed by atoms with Crippen LogP contribution in [0.3, 0.4) is 0 Å². The summed E-state index contributed by atoms with van der Waals surface area (Å²) in [5, 5.41) is 17.2. The third-order valence-electron chi connectivity index (χ3n) is 1.96. The zero-order valence-electron chi connectivity index (χ0n) is 8.80. The van der Waals surface area contributed by atoms with Crippen LogP contribution in [0.15, 0.2) is 16.2 Å². The Morgan fingerprint density at radius 1 is 1.75 bits per heavy atom. The lowest BCUT2D eigenvalue weighted by molar-refractivity contribution is 0.316. The number of aryl methyl sites for hydroxylation is 1. The van der Waals surface area contributed by atoms with Crippen molar-refractivity contribution in [3.63, 3.8) is 0 Å². The van der Waals surface area contributed by atoms with Crippen LogP contribution in [0.25, 0.3) is 0 Å². The van der Waals surface area contributed by atoms with E-state index in [1.54, 1.807) is 6.92 Å². The Morgan fingerprint density at radius 2 is 2.38 bits per heavy atom. The molecule has 0 aromatic carbocycles. The molecule has 5 N–H and O–H groups in total. The van der Waals surface area contributed by atoms with E-state index in [-0.39, 0.29) is 10.7 Å². The molecule has 1 atom stereocenters. The van der Waals surface area contributed by atoms with E-state index >= 15 is 0 Å². The topological polar surface area (TPSA) is 133 Å². The fourth-order valence-electron chi connectivity index (χ4n) is 1.05. The number of oxime groups is 1. The molecular weight excluding hydrogens is 234 g/mol. The minimum atomic E-state index is -3.72. The van der Waals surface area contributed by atoms with Crippen LogP contribution in [-0.4, -0.2) is 35.7 Å². The maximum Gasteiger partial charge on any atom is 0.244 e. The summed E-state index contributed by atoms with van der Waals surface area (Å²) >= 11 is 0. The van der Waals surface area contributed by atoms with Crippen LogP contribution in [-0.2, 0) is 10.0 Å². The third-order valence-corrected chi connectivity index (χ3v) is 3.62. The molecule has 0 aliphatic carbocycles. The Kier molecular flexibility index (Phi) is 3.50. The highest BCUT2D eigenvalue weighted by atomic mass is 32.2. The molecule has 0 bridgehead atoms. The first-order chi connectivity index (χ1) is 7.38. The first-order valence-corrected chi connectivity index (χ1v) is 5.86. The average Bonchev–Trinajstić information content (AvgIpc) is 2.63. The van der Waals surface area contributed by atoms with E-state index in [0.717, 1.165) is 0 Å². The monoisotopic (exact) mass is 247 g/mol. The smallest absolute Gasteiger partial charge is 0.244 e. The first-order valence-electron chi connectivity index (χ1n) is 4.38. The second-order valence-electron chi connectivity index (χ2n) is 3.23. The van der Waals surface area contributed by atoms with Crippen LogP contribution in [0.1, 0.15) is 12.6 Å². The van der Waals surface area contributed by atoms with Crippen LogP contribution < -0.4 is 10.5 Å². The summed E-state index contributed by atoms with van der Waals surface area (Å²) < 4.78 is 25.8. The largest absolute Gasteiger partial charge is 0.409 e. The number of hydrogen-bond acceptors (Lipinski definition) is 5. The number of rotatable bonds is 4. The minimum Gasteiger partial charge on any atom is -0.409 e. The van der Waals surface area contributed by atoms with Crippen molar-refractivity contribution < 1.29 is 13.6 Å². The summed E-state index contributed by atoms with van der Waals surface area (Å²) in [6.45, 7) is 3.04. The van der Waals surface area contributed by atoms with E-state index in [1.807, 2.05) is 0 Å². The number of nitrogens with one attached hydrogen (secondary N) is 2. The molecule has 0 fully saturated rings. The van der Waals surface area contributed by atoms with Gasteiger partial charge < -0.3 is 10.9 Å². The Balaban J connectivity index is 2.94. The van der Waals surface area contributed by atoms with Gasteiger partial charge in [0.05, 0.1) is 17.9 Å². The Hall–Kier alpha value is -1.61. The highest BCUT2D eigenvalue weighted by Gasteiger charge is 2.22. The first kappa shape index (κ1) is 12.5. The molecular formula is C7H13N5O3S. The normalized spacial score (nSPS) is 15.0. The van der Waals surface area contributed by atoms with Crippen molar-refractivity contribution in [3.8, 4) is 0 Å². The van der Waals surface area contributed by atoms with Gasteiger partial charge >= 0.3 is 0 Å². The number of nitrogens with two attached hydrogens (primary N) is 1. The van der Waals surface area contributed by atoms with Gasteiger partial charge in [-0.05, 0) is 13.8 Å². The van der Waals surface area contributed by atoms with E-state index in [4.69, 9.17) is 10.9 Å². The molecule has 0 aliphatic rings. The maximum atomic E-state index is 11.8. The molecule has 1 unspecified atom stereocenters. The molecule has 0 aliphatic heterocycles.